The molecule has 35 heavy (non-hydrogen) atoms. The molecule has 1 rings (SSSR count). The lowest BCUT2D eigenvalue weighted by Gasteiger charge is -2.38. The highest BCUT2D eigenvalue weighted by Gasteiger charge is 2.39. The van der Waals surface area contributed by atoms with Crippen LogP contribution in [0.25, 0.3) is 0 Å². The summed E-state index contributed by atoms with van der Waals surface area (Å²) in [6.45, 7) is 16.2. The van der Waals surface area contributed by atoms with E-state index >= 15 is 0 Å². The summed E-state index contributed by atoms with van der Waals surface area (Å²) in [6.07, 6.45) is -0.939. The third-order valence-corrected chi connectivity index (χ3v) is 5.25. The maximum atomic E-state index is 13.9. The van der Waals surface area contributed by atoms with Crippen molar-refractivity contribution in [3.8, 4) is 0 Å². The minimum atomic E-state index is -1.11. The van der Waals surface area contributed by atoms with Gasteiger partial charge in [-0.15, -0.1) is 0 Å². The molecule has 9 heteroatoms. The maximum Gasteiger partial charge on any atom is 0.408 e. The molecular formula is C26H42N4O5. The molecule has 2 unspecified atom stereocenters. The topological polar surface area (TPSA) is 131 Å². The van der Waals surface area contributed by atoms with Crippen molar-refractivity contribution < 1.29 is 23.9 Å². The number of carbonyl (C=O) groups is 4. The van der Waals surface area contributed by atoms with E-state index in [0.717, 1.165) is 16.7 Å². The number of amides is 4. The van der Waals surface area contributed by atoms with Crippen molar-refractivity contribution in [3.63, 3.8) is 0 Å². The van der Waals surface area contributed by atoms with E-state index in [4.69, 9.17) is 10.5 Å². The third kappa shape index (κ3) is 9.22. The van der Waals surface area contributed by atoms with Crippen LogP contribution in [0, 0.1) is 13.8 Å². The van der Waals surface area contributed by atoms with Gasteiger partial charge in [0.1, 0.15) is 17.7 Å². The summed E-state index contributed by atoms with van der Waals surface area (Å²) in [7, 11) is 0. The van der Waals surface area contributed by atoms with Crippen LogP contribution >= 0.6 is 0 Å². The quantitative estimate of drug-likeness (QED) is 0.463. The Bertz CT molecular complexity index is 901. The van der Waals surface area contributed by atoms with E-state index in [2.05, 4.69) is 10.6 Å². The Kier molecular flexibility index (Phi) is 10.7. The molecule has 0 aliphatic heterocycles. The smallest absolute Gasteiger partial charge is 0.408 e. The highest BCUT2D eigenvalue weighted by molar-refractivity contribution is 5.93. The lowest BCUT2D eigenvalue weighted by Crippen LogP contribution is -2.55. The molecule has 0 spiro atoms. The van der Waals surface area contributed by atoms with Gasteiger partial charge in [0.05, 0.1) is 0 Å². The zero-order valence-electron chi connectivity index (χ0n) is 22.5. The van der Waals surface area contributed by atoms with Gasteiger partial charge in [-0.3, -0.25) is 14.4 Å². The molecule has 0 aliphatic carbocycles. The van der Waals surface area contributed by atoms with Crippen molar-refractivity contribution in [2.24, 2.45) is 5.73 Å². The zero-order valence-corrected chi connectivity index (χ0v) is 22.5. The SMILES string of the molecule is Cc1cccc(C)c1C(C(=O)NC(C)C)N(C(=O)C(CCC(N)=O)NC(=O)OC(C)(C)C)C(C)C. The molecule has 0 radical (unpaired) electrons. The standard InChI is InChI=1S/C26H42N4O5/c1-15(2)28-23(32)22(21-17(5)11-10-12-18(21)6)30(16(3)4)24(33)19(13-14-20(27)31)29-25(34)35-26(7,8)9/h10-12,15-16,19,22H,13-14H2,1-9H3,(H2,27,31)(H,28,32)(H,29,34). The first-order chi connectivity index (χ1) is 16.0. The molecule has 9 nitrogen and oxygen atoms in total. The second-order valence-corrected chi connectivity index (χ2v) is 10.4. The Balaban J connectivity index is 3.56. The van der Waals surface area contributed by atoms with E-state index in [1.165, 1.54) is 4.90 Å². The molecule has 0 aromatic heterocycles. The molecule has 196 valence electrons. The van der Waals surface area contributed by atoms with Crippen molar-refractivity contribution in [2.45, 2.75) is 105 Å². The molecule has 1 aromatic carbocycles. The number of nitrogens with one attached hydrogen (secondary N) is 2. The molecule has 0 fully saturated rings. The van der Waals surface area contributed by atoms with E-state index in [1.54, 1.807) is 34.6 Å². The summed E-state index contributed by atoms with van der Waals surface area (Å²) in [5.41, 5.74) is 7.00. The number of hydrogen-bond donors (Lipinski definition) is 3. The van der Waals surface area contributed by atoms with Crippen molar-refractivity contribution in [1.82, 2.24) is 15.5 Å². The number of aryl methyl sites for hydroxylation is 2. The van der Waals surface area contributed by atoms with Crippen molar-refractivity contribution in [2.75, 3.05) is 0 Å². The molecule has 1 aromatic rings. The molecule has 4 N–H and O–H groups in total. The van der Waals surface area contributed by atoms with Gasteiger partial charge in [0.2, 0.25) is 17.7 Å². The summed E-state index contributed by atoms with van der Waals surface area (Å²) in [6, 6.07) is 3.08. The van der Waals surface area contributed by atoms with E-state index in [0.29, 0.717) is 0 Å². The fraction of sp³-hybridized carbons (Fsp3) is 0.615. The van der Waals surface area contributed by atoms with Gasteiger partial charge in [0.15, 0.2) is 0 Å². The second-order valence-electron chi connectivity index (χ2n) is 10.4. The number of primary amides is 1. The molecule has 0 saturated heterocycles. The van der Waals surface area contributed by atoms with Crippen LogP contribution in [-0.4, -0.2) is 52.4 Å². The number of alkyl carbamates (subject to hydrolysis) is 1. The minimum Gasteiger partial charge on any atom is -0.444 e. The van der Waals surface area contributed by atoms with E-state index in [9.17, 15) is 19.2 Å². The number of nitrogens with zero attached hydrogens (tertiary/aromatic N) is 1. The third-order valence-electron chi connectivity index (χ3n) is 5.25. The van der Waals surface area contributed by atoms with Crippen molar-refractivity contribution in [1.29, 1.82) is 0 Å². The predicted octanol–water partition coefficient (Wildman–Crippen LogP) is 3.26. The van der Waals surface area contributed by atoms with Crippen LogP contribution in [-0.2, 0) is 19.1 Å². The van der Waals surface area contributed by atoms with E-state index < -0.39 is 41.6 Å². The lowest BCUT2D eigenvalue weighted by atomic mass is 9.92. The molecule has 0 saturated carbocycles. The number of carbonyl (C=O) groups excluding carboxylic acids is 4. The molecule has 0 aliphatic rings. The van der Waals surface area contributed by atoms with Crippen molar-refractivity contribution in [3.05, 3.63) is 34.9 Å². The van der Waals surface area contributed by atoms with Gasteiger partial charge >= 0.3 is 6.09 Å². The normalized spacial score (nSPS) is 13.2. The first kappa shape index (κ1) is 29.9. The summed E-state index contributed by atoms with van der Waals surface area (Å²) in [4.78, 5) is 53.0. The predicted molar refractivity (Wildman–Crippen MR) is 136 cm³/mol. The monoisotopic (exact) mass is 490 g/mol. The van der Waals surface area contributed by atoms with Crippen LogP contribution in [0.2, 0.25) is 0 Å². The number of hydrogen-bond acceptors (Lipinski definition) is 5. The highest BCUT2D eigenvalue weighted by Crippen LogP contribution is 2.30. The fourth-order valence-corrected chi connectivity index (χ4v) is 3.87. The maximum absolute atomic E-state index is 13.9. The van der Waals surface area contributed by atoms with Gasteiger partial charge in [-0.1, -0.05) is 18.2 Å². The molecule has 2 atom stereocenters. The largest absolute Gasteiger partial charge is 0.444 e. The number of rotatable bonds is 10. The van der Waals surface area contributed by atoms with Gasteiger partial charge < -0.3 is 26.0 Å². The van der Waals surface area contributed by atoms with Gasteiger partial charge in [-0.05, 0) is 85.4 Å². The van der Waals surface area contributed by atoms with Crippen LogP contribution in [0.3, 0.4) is 0 Å². The van der Waals surface area contributed by atoms with Crippen LogP contribution in [0.1, 0.15) is 84.0 Å². The molecule has 0 bridgehead atoms. The van der Waals surface area contributed by atoms with E-state index in [1.807, 2.05) is 45.9 Å². The summed E-state index contributed by atoms with van der Waals surface area (Å²) in [5.74, 6) is -1.43. The summed E-state index contributed by atoms with van der Waals surface area (Å²) in [5, 5.41) is 5.52. The number of nitrogens with two attached hydrogens (primary N) is 1. The first-order valence-electron chi connectivity index (χ1n) is 12.0. The minimum absolute atomic E-state index is 0.0259. The Morgan fingerprint density at radius 2 is 1.54 bits per heavy atom. The van der Waals surface area contributed by atoms with Crippen LogP contribution in [0.5, 0.6) is 0 Å². The average molecular weight is 491 g/mol. The van der Waals surface area contributed by atoms with Crippen LogP contribution < -0.4 is 16.4 Å². The van der Waals surface area contributed by atoms with Gasteiger partial charge in [0, 0.05) is 18.5 Å². The number of benzene rings is 1. The Labute approximate surface area is 209 Å². The van der Waals surface area contributed by atoms with Gasteiger partial charge in [0.25, 0.3) is 0 Å². The Hall–Kier alpha value is -3.10. The molecule has 0 heterocycles. The Morgan fingerprint density at radius 3 is 1.97 bits per heavy atom. The average Bonchev–Trinajstić information content (AvgIpc) is 2.67. The van der Waals surface area contributed by atoms with Crippen molar-refractivity contribution >= 4 is 23.8 Å². The summed E-state index contributed by atoms with van der Waals surface area (Å²) < 4.78 is 5.33. The molecular weight excluding hydrogens is 448 g/mol. The highest BCUT2D eigenvalue weighted by atomic mass is 16.6. The van der Waals surface area contributed by atoms with Gasteiger partial charge in [-0.25, -0.2) is 4.79 Å². The van der Waals surface area contributed by atoms with Crippen LogP contribution in [0.4, 0.5) is 4.79 Å². The first-order valence-corrected chi connectivity index (χ1v) is 12.0. The van der Waals surface area contributed by atoms with Gasteiger partial charge in [-0.2, -0.15) is 0 Å². The summed E-state index contributed by atoms with van der Waals surface area (Å²) >= 11 is 0. The van der Waals surface area contributed by atoms with E-state index in [-0.39, 0.29) is 24.8 Å². The zero-order chi connectivity index (χ0) is 27.1. The second kappa shape index (κ2) is 12.6. The molecule has 4 amide bonds. The number of ether oxygens (including phenoxy) is 1. The fourth-order valence-electron chi connectivity index (χ4n) is 3.87. The van der Waals surface area contributed by atoms with Crippen LogP contribution in [0.15, 0.2) is 18.2 Å². The lowest BCUT2D eigenvalue weighted by molar-refractivity contribution is -0.145. The Morgan fingerprint density at radius 1 is 1.00 bits per heavy atom.